The second-order valence-electron chi connectivity index (χ2n) is 8.38. The fraction of sp³-hybridized carbons (Fsp3) is 0.455. The summed E-state index contributed by atoms with van der Waals surface area (Å²) in [7, 11) is 0. The number of hydrogen-bond acceptors (Lipinski definition) is 4. The van der Waals surface area contributed by atoms with E-state index in [1.165, 1.54) is 14.8 Å². The molecule has 3 atom stereocenters. The van der Waals surface area contributed by atoms with Gasteiger partial charge in [-0.1, -0.05) is 6.07 Å². The number of allylic oxidation sites excluding steroid dienone is 2. The molecule has 0 aromatic carbocycles. The number of hydrogen-bond donors (Lipinski definition) is 3. The van der Waals surface area contributed by atoms with Crippen LogP contribution in [0.4, 0.5) is 10.2 Å². The van der Waals surface area contributed by atoms with E-state index in [1.54, 1.807) is 0 Å². The van der Waals surface area contributed by atoms with Gasteiger partial charge in [0.1, 0.15) is 0 Å². The molecule has 1 saturated carbocycles. The molecule has 1 fully saturated rings. The normalized spacial score (nSPS) is 27.3. The average molecular weight is 502 g/mol. The maximum atomic E-state index is 14.7. The number of aryl methyl sites for hydroxylation is 1. The number of nitrogens with one attached hydrogen (secondary N) is 3. The molecule has 0 amide bonds. The zero-order valence-corrected chi connectivity index (χ0v) is 19.4. The Morgan fingerprint density at radius 1 is 1.24 bits per heavy atom. The molecule has 5 nitrogen and oxygen atoms in total. The maximum Gasteiger partial charge on any atom is -0.258 e. The first-order chi connectivity index (χ1) is 14.1. The molecule has 2 aromatic rings. The summed E-state index contributed by atoms with van der Waals surface area (Å²) in [5.74, 6) is 1.67. The molecule has 0 bridgehead atoms. The van der Waals surface area contributed by atoms with Crippen LogP contribution in [0.3, 0.4) is 0 Å². The van der Waals surface area contributed by atoms with Gasteiger partial charge in [0, 0.05) is 5.69 Å². The molecule has 3 N–H and O–H groups in total. The average Bonchev–Trinajstić information content (AvgIpc) is 3.43. The Hall–Kier alpha value is -1.65. The van der Waals surface area contributed by atoms with Crippen molar-refractivity contribution >= 4 is 26.3 Å². The van der Waals surface area contributed by atoms with Crippen LogP contribution in [0, 0.1) is 6.92 Å². The second-order valence-corrected chi connectivity index (χ2v) is 14.0. The number of nitrogens with zero attached hydrogens (tertiary/aromatic N) is 2. The van der Waals surface area contributed by atoms with E-state index in [0.717, 1.165) is 43.0 Å². The van der Waals surface area contributed by atoms with E-state index in [1.807, 2.05) is 19.1 Å². The molecule has 7 heteroatoms. The van der Waals surface area contributed by atoms with E-state index in [4.69, 9.17) is 4.98 Å². The number of halogens is 1. The monoisotopic (exact) mass is 501 g/mol. The predicted molar refractivity (Wildman–Crippen MR) is 115 cm³/mol. The number of pyridine rings is 1. The zero-order valence-electron chi connectivity index (χ0n) is 16.9. The van der Waals surface area contributed by atoms with Crippen molar-refractivity contribution in [3.63, 3.8) is 0 Å². The van der Waals surface area contributed by atoms with Crippen molar-refractivity contribution in [3.05, 3.63) is 62.2 Å². The van der Waals surface area contributed by atoms with Gasteiger partial charge in [0.25, 0.3) is 0 Å². The molecule has 3 unspecified atom stereocenters. The van der Waals surface area contributed by atoms with Crippen LogP contribution in [0.2, 0.25) is 4.87 Å². The minimum atomic E-state index is -1.53. The van der Waals surface area contributed by atoms with E-state index in [-0.39, 0.29) is 0 Å². The quantitative estimate of drug-likeness (QED) is 0.547. The van der Waals surface area contributed by atoms with Gasteiger partial charge >= 0.3 is 143 Å². The summed E-state index contributed by atoms with van der Waals surface area (Å²) in [5, 5.41) is 10.9. The smallest absolute Gasteiger partial charge is 0.258 e. The molecule has 0 radical (unpaired) electrons. The Labute approximate surface area is 178 Å². The third-order valence-corrected chi connectivity index (χ3v) is 11.8. The van der Waals surface area contributed by atoms with Gasteiger partial charge in [-0.25, -0.2) is 0 Å². The number of rotatable bonds is 4. The summed E-state index contributed by atoms with van der Waals surface area (Å²) in [6.45, 7) is 2.94. The Balaban J connectivity index is 1.27. The summed E-state index contributed by atoms with van der Waals surface area (Å²) in [6.07, 6.45) is 4.96. The zero-order chi connectivity index (χ0) is 20.0. The molecular formula is C22H27FN5Sb. The summed E-state index contributed by atoms with van der Waals surface area (Å²) in [4.78, 5) is 7.00. The van der Waals surface area contributed by atoms with Gasteiger partial charge < -0.3 is 0 Å². The van der Waals surface area contributed by atoms with Crippen molar-refractivity contribution in [2.24, 2.45) is 0 Å². The molecule has 3 aliphatic rings. The minimum Gasteiger partial charge on any atom is -0.258 e. The van der Waals surface area contributed by atoms with Crippen LogP contribution in [-0.2, 0) is 0 Å². The molecule has 152 valence electrons. The van der Waals surface area contributed by atoms with Crippen LogP contribution < -0.4 is 8.79 Å². The van der Waals surface area contributed by atoms with Crippen LogP contribution in [0.15, 0.2) is 45.1 Å². The molecule has 2 aromatic heterocycles. The van der Waals surface area contributed by atoms with Crippen molar-refractivity contribution in [1.29, 1.82) is 0 Å². The fourth-order valence-electron chi connectivity index (χ4n) is 4.77. The summed E-state index contributed by atoms with van der Waals surface area (Å²) in [5.41, 5.74) is 5.36. The first-order valence-electron chi connectivity index (χ1n) is 10.4. The Kier molecular flexibility index (Phi) is 5.25. The first kappa shape index (κ1) is 19.3. The molecule has 29 heavy (non-hydrogen) atoms. The summed E-state index contributed by atoms with van der Waals surface area (Å²) >= 11 is -1.53. The van der Waals surface area contributed by atoms with Crippen molar-refractivity contribution in [1.82, 2.24) is 18.7 Å². The minimum absolute atomic E-state index is 0.453. The predicted octanol–water partition coefficient (Wildman–Crippen LogP) is 4.26. The first-order valence-corrected chi connectivity index (χ1v) is 15.5. The Morgan fingerprint density at radius 2 is 2.10 bits per heavy atom. The van der Waals surface area contributed by atoms with E-state index in [9.17, 15) is 4.39 Å². The van der Waals surface area contributed by atoms with E-state index in [0.29, 0.717) is 24.0 Å². The van der Waals surface area contributed by atoms with E-state index in [2.05, 4.69) is 42.1 Å². The van der Waals surface area contributed by atoms with Crippen LogP contribution >= 0.6 is 0 Å². The van der Waals surface area contributed by atoms with Crippen molar-refractivity contribution in [2.75, 3.05) is 11.9 Å². The van der Waals surface area contributed by atoms with Gasteiger partial charge in [0.05, 0.1) is 0 Å². The Morgan fingerprint density at radius 3 is 2.97 bits per heavy atom. The van der Waals surface area contributed by atoms with Crippen LogP contribution in [0.25, 0.3) is 0 Å². The van der Waals surface area contributed by atoms with Gasteiger partial charge in [-0.05, 0) is 19.1 Å². The van der Waals surface area contributed by atoms with E-state index < -0.39 is 26.7 Å². The topological polar surface area (TPSA) is 65.6 Å². The number of alkyl halides is 1. The number of aromatic amines is 1. The van der Waals surface area contributed by atoms with Gasteiger partial charge in [-0.2, -0.15) is 0 Å². The SMILES string of the molecule is Cc1cccc(C2CCC(c3cc(NC4=CC5=[C](CC4F)[Sb]([CH3])[NH]C5)n[nH]3)C2)n1. The third-order valence-electron chi connectivity index (χ3n) is 6.39. The van der Waals surface area contributed by atoms with Gasteiger partial charge in [0.15, 0.2) is 0 Å². The van der Waals surface area contributed by atoms with Gasteiger partial charge in [0.2, 0.25) is 0 Å². The number of aromatic nitrogens is 3. The van der Waals surface area contributed by atoms with Crippen LogP contribution in [0.5, 0.6) is 0 Å². The van der Waals surface area contributed by atoms with E-state index >= 15 is 0 Å². The van der Waals surface area contributed by atoms with Gasteiger partial charge in [-0.3, -0.25) is 4.98 Å². The molecule has 2 aliphatic carbocycles. The molecule has 1 aliphatic heterocycles. The van der Waals surface area contributed by atoms with Crippen molar-refractivity contribution < 1.29 is 4.39 Å². The van der Waals surface area contributed by atoms with Crippen molar-refractivity contribution in [2.45, 2.75) is 55.5 Å². The third kappa shape index (κ3) is 3.89. The standard InChI is InChI=1S/C21H24FN5.CH3.Sb/c1-13-3-2-4-18(24-13)15-6-7-16(10-15)19-11-21(27-26-19)25-20-9-14(12-23)5-8-17(20)22;;/h2-4,9,11,15-17,23H,6-8,10,12H2,1H3,(H2,25,26,27);1H3;/q-1;;+1. The molecule has 0 spiro atoms. The molecular weight excluding hydrogens is 475 g/mol. The number of anilines is 1. The largest absolute Gasteiger partial charge is 0.258 e. The van der Waals surface area contributed by atoms with Crippen LogP contribution in [-0.4, -0.2) is 48.4 Å². The molecule has 5 rings (SSSR count). The number of H-pyrrole nitrogens is 1. The molecule has 3 heterocycles. The maximum absolute atomic E-state index is 14.7. The van der Waals surface area contributed by atoms with Crippen LogP contribution in [0.1, 0.15) is 54.6 Å². The summed E-state index contributed by atoms with van der Waals surface area (Å²) in [6, 6.07) is 8.34. The second kappa shape index (κ2) is 7.88. The summed E-state index contributed by atoms with van der Waals surface area (Å²) < 4.78 is 19.7. The molecule has 0 saturated heterocycles. The Bertz CT molecular complexity index is 981. The fourth-order valence-corrected chi connectivity index (χ4v) is 9.36. The van der Waals surface area contributed by atoms with Gasteiger partial charge in [-0.15, -0.1) is 0 Å². The van der Waals surface area contributed by atoms with Crippen molar-refractivity contribution in [3.8, 4) is 0 Å².